The summed E-state index contributed by atoms with van der Waals surface area (Å²) in [6, 6.07) is 7.98. The Morgan fingerprint density at radius 2 is 2.20 bits per heavy atom. The zero-order chi connectivity index (χ0) is 17.6. The van der Waals surface area contributed by atoms with Gasteiger partial charge in [0.15, 0.2) is 0 Å². The number of benzene rings is 1. The van der Waals surface area contributed by atoms with Crippen molar-refractivity contribution >= 4 is 5.91 Å². The Morgan fingerprint density at radius 3 is 2.96 bits per heavy atom. The lowest BCUT2D eigenvalue weighted by Crippen LogP contribution is -2.35. The Labute approximate surface area is 143 Å². The Balaban J connectivity index is 1.50. The first-order valence-corrected chi connectivity index (χ1v) is 7.96. The fourth-order valence-electron chi connectivity index (χ4n) is 2.41. The highest BCUT2D eigenvalue weighted by Crippen LogP contribution is 2.19. The van der Waals surface area contributed by atoms with Gasteiger partial charge in [-0.25, -0.2) is 4.39 Å². The van der Waals surface area contributed by atoms with Crippen LogP contribution in [0.2, 0.25) is 0 Å². The van der Waals surface area contributed by atoms with Crippen LogP contribution in [0.25, 0.3) is 11.4 Å². The Hall–Kier alpha value is -3.03. The van der Waals surface area contributed by atoms with Gasteiger partial charge in [-0.1, -0.05) is 17.3 Å². The summed E-state index contributed by atoms with van der Waals surface area (Å²) in [4.78, 5) is 16.1. The molecule has 0 aliphatic rings. The second-order valence-electron chi connectivity index (χ2n) is 5.69. The van der Waals surface area contributed by atoms with E-state index >= 15 is 0 Å². The lowest BCUT2D eigenvalue weighted by molar-refractivity contribution is -0.121. The number of nitrogens with zero attached hydrogens (tertiary/aromatic N) is 4. The first-order chi connectivity index (χ1) is 12.1. The average Bonchev–Trinajstić information content (AvgIpc) is 3.25. The molecular weight excluding hydrogens is 325 g/mol. The number of aryl methyl sites for hydroxylation is 1. The van der Waals surface area contributed by atoms with Crippen molar-refractivity contribution in [1.29, 1.82) is 0 Å². The Bertz CT molecular complexity index is 831. The van der Waals surface area contributed by atoms with E-state index in [1.165, 1.54) is 6.07 Å². The molecule has 0 spiro atoms. The summed E-state index contributed by atoms with van der Waals surface area (Å²) in [5.74, 6) is -0.0565. The summed E-state index contributed by atoms with van der Waals surface area (Å²) in [7, 11) is 0. The topological polar surface area (TPSA) is 85.8 Å². The Kier molecular flexibility index (Phi) is 5.17. The molecule has 3 aromatic rings. The largest absolute Gasteiger partial charge is 0.352 e. The van der Waals surface area contributed by atoms with Gasteiger partial charge in [-0.3, -0.25) is 9.48 Å². The molecule has 130 valence electrons. The molecule has 2 aromatic heterocycles. The van der Waals surface area contributed by atoms with Crippen LogP contribution in [0.1, 0.15) is 19.2 Å². The van der Waals surface area contributed by atoms with Crippen LogP contribution in [0.15, 0.2) is 47.2 Å². The van der Waals surface area contributed by atoms with Crippen molar-refractivity contribution in [2.24, 2.45) is 0 Å². The molecule has 0 bridgehead atoms. The maximum absolute atomic E-state index is 13.7. The third kappa shape index (κ3) is 4.50. The molecule has 1 atom stereocenters. The van der Waals surface area contributed by atoms with E-state index in [1.54, 1.807) is 29.1 Å². The second-order valence-corrected chi connectivity index (χ2v) is 5.69. The van der Waals surface area contributed by atoms with Crippen molar-refractivity contribution in [3.63, 3.8) is 0 Å². The third-order valence-corrected chi connectivity index (χ3v) is 3.58. The number of halogens is 1. The van der Waals surface area contributed by atoms with E-state index in [9.17, 15) is 9.18 Å². The van der Waals surface area contributed by atoms with Crippen LogP contribution in [0, 0.1) is 5.82 Å². The van der Waals surface area contributed by atoms with E-state index in [1.807, 2.05) is 19.2 Å². The van der Waals surface area contributed by atoms with E-state index in [0.29, 0.717) is 18.9 Å². The number of amides is 1. The van der Waals surface area contributed by atoms with E-state index < -0.39 is 5.82 Å². The van der Waals surface area contributed by atoms with Crippen molar-refractivity contribution in [2.45, 2.75) is 32.4 Å². The van der Waals surface area contributed by atoms with Crippen LogP contribution in [0.4, 0.5) is 4.39 Å². The summed E-state index contributed by atoms with van der Waals surface area (Å²) in [6.07, 6.45) is 4.03. The standard InChI is InChI=1S/C17H18FN5O2/c1-12(11-23-10-4-9-19-23)20-15(24)7-8-16-21-17(22-25-16)13-5-2-3-6-14(13)18/h2-6,9-10,12H,7-8,11H2,1H3,(H,20,24). The summed E-state index contributed by atoms with van der Waals surface area (Å²) in [5, 5.41) is 10.8. The van der Waals surface area contributed by atoms with Crippen molar-refractivity contribution < 1.29 is 13.7 Å². The molecule has 0 saturated heterocycles. The van der Waals surface area contributed by atoms with Crippen LogP contribution >= 0.6 is 0 Å². The molecule has 8 heteroatoms. The van der Waals surface area contributed by atoms with E-state index in [-0.39, 0.29) is 29.8 Å². The minimum atomic E-state index is -0.417. The van der Waals surface area contributed by atoms with Gasteiger partial charge in [-0.05, 0) is 25.1 Å². The summed E-state index contributed by atoms with van der Waals surface area (Å²) < 4.78 is 20.6. The first-order valence-electron chi connectivity index (χ1n) is 7.96. The van der Waals surface area contributed by atoms with Crippen LogP contribution in [-0.2, 0) is 17.8 Å². The highest BCUT2D eigenvalue weighted by molar-refractivity contribution is 5.76. The van der Waals surface area contributed by atoms with Gasteiger partial charge in [0, 0.05) is 31.3 Å². The number of hydrogen-bond donors (Lipinski definition) is 1. The second kappa shape index (κ2) is 7.69. The normalized spacial score (nSPS) is 12.1. The number of carbonyl (C=O) groups is 1. The van der Waals surface area contributed by atoms with Crippen molar-refractivity contribution in [3.8, 4) is 11.4 Å². The molecular formula is C17H18FN5O2. The van der Waals surface area contributed by atoms with Gasteiger partial charge in [-0.15, -0.1) is 0 Å². The zero-order valence-electron chi connectivity index (χ0n) is 13.7. The lowest BCUT2D eigenvalue weighted by atomic mass is 10.2. The molecule has 25 heavy (non-hydrogen) atoms. The molecule has 1 unspecified atom stereocenters. The SMILES string of the molecule is CC(Cn1cccn1)NC(=O)CCc1nc(-c2ccccc2F)no1. The monoisotopic (exact) mass is 343 g/mol. The van der Waals surface area contributed by atoms with Crippen molar-refractivity contribution in [3.05, 3.63) is 54.4 Å². The van der Waals surface area contributed by atoms with Gasteiger partial charge in [0.25, 0.3) is 0 Å². The van der Waals surface area contributed by atoms with Gasteiger partial charge >= 0.3 is 0 Å². The van der Waals surface area contributed by atoms with Crippen LogP contribution < -0.4 is 5.32 Å². The fraction of sp³-hybridized carbons (Fsp3) is 0.294. The Morgan fingerprint density at radius 1 is 1.36 bits per heavy atom. The average molecular weight is 343 g/mol. The van der Waals surface area contributed by atoms with Gasteiger partial charge < -0.3 is 9.84 Å². The molecule has 1 N–H and O–H groups in total. The minimum absolute atomic E-state index is 0.0518. The fourth-order valence-corrected chi connectivity index (χ4v) is 2.41. The molecule has 0 fully saturated rings. The maximum atomic E-state index is 13.7. The molecule has 2 heterocycles. The molecule has 0 aliphatic heterocycles. The maximum Gasteiger partial charge on any atom is 0.227 e. The number of aromatic nitrogens is 4. The predicted octanol–water partition coefficient (Wildman–Crippen LogP) is 2.21. The molecule has 1 amide bonds. The highest BCUT2D eigenvalue weighted by atomic mass is 19.1. The predicted molar refractivity (Wildman–Crippen MR) is 87.8 cm³/mol. The first kappa shape index (κ1) is 16.8. The van der Waals surface area contributed by atoms with Crippen molar-refractivity contribution in [2.75, 3.05) is 0 Å². The van der Waals surface area contributed by atoms with Crippen LogP contribution in [-0.4, -0.2) is 31.9 Å². The summed E-state index contributed by atoms with van der Waals surface area (Å²) >= 11 is 0. The summed E-state index contributed by atoms with van der Waals surface area (Å²) in [5.41, 5.74) is 0.273. The summed E-state index contributed by atoms with van der Waals surface area (Å²) in [6.45, 7) is 2.50. The molecule has 0 saturated carbocycles. The number of hydrogen-bond acceptors (Lipinski definition) is 5. The van der Waals surface area contributed by atoms with Gasteiger partial charge in [-0.2, -0.15) is 10.1 Å². The van der Waals surface area contributed by atoms with E-state index in [2.05, 4.69) is 20.6 Å². The molecule has 7 nitrogen and oxygen atoms in total. The van der Waals surface area contributed by atoms with Crippen molar-refractivity contribution in [1.82, 2.24) is 25.2 Å². The van der Waals surface area contributed by atoms with Crippen LogP contribution in [0.3, 0.4) is 0 Å². The zero-order valence-corrected chi connectivity index (χ0v) is 13.7. The van der Waals surface area contributed by atoms with E-state index in [4.69, 9.17) is 4.52 Å². The van der Waals surface area contributed by atoms with Gasteiger partial charge in [0.2, 0.25) is 17.6 Å². The highest BCUT2D eigenvalue weighted by Gasteiger charge is 2.14. The third-order valence-electron chi connectivity index (χ3n) is 3.58. The number of carbonyl (C=O) groups excluding carboxylic acids is 1. The molecule has 0 radical (unpaired) electrons. The smallest absolute Gasteiger partial charge is 0.227 e. The molecule has 3 rings (SSSR count). The lowest BCUT2D eigenvalue weighted by Gasteiger charge is -2.13. The van der Waals surface area contributed by atoms with Gasteiger partial charge in [0.05, 0.1) is 12.1 Å². The quantitative estimate of drug-likeness (QED) is 0.711. The minimum Gasteiger partial charge on any atom is -0.352 e. The number of rotatable bonds is 7. The molecule has 0 aliphatic carbocycles. The number of nitrogens with one attached hydrogen (secondary N) is 1. The molecule has 1 aromatic carbocycles. The van der Waals surface area contributed by atoms with Gasteiger partial charge in [0.1, 0.15) is 5.82 Å². The van der Waals surface area contributed by atoms with E-state index in [0.717, 1.165) is 0 Å². The van der Waals surface area contributed by atoms with Crippen LogP contribution in [0.5, 0.6) is 0 Å².